The lowest BCUT2D eigenvalue weighted by Gasteiger charge is -2.16. The number of benzene rings is 2. The van der Waals surface area contributed by atoms with E-state index in [0.717, 1.165) is 17.4 Å². The molecule has 2 aromatic rings. The van der Waals surface area contributed by atoms with E-state index in [1.807, 2.05) is 24.3 Å². The molecule has 0 heterocycles. The maximum Gasteiger partial charge on any atom is 0.407 e. The molecule has 0 unspecified atom stereocenters. The summed E-state index contributed by atoms with van der Waals surface area (Å²) < 4.78 is 5.41. The van der Waals surface area contributed by atoms with Crippen molar-refractivity contribution in [3.05, 3.63) is 59.7 Å². The van der Waals surface area contributed by atoms with Gasteiger partial charge in [0.25, 0.3) is 0 Å². The van der Waals surface area contributed by atoms with Gasteiger partial charge in [-0.25, -0.2) is 4.79 Å². The second-order valence-corrected chi connectivity index (χ2v) is 6.14. The number of carbonyl (C=O) groups is 2. The maximum atomic E-state index is 12.0. The lowest BCUT2D eigenvalue weighted by molar-refractivity contribution is -0.109. The SMILES string of the molecule is NCCC[C@@H](C=O)NC(=O)OCC1c2ccccc2-c2ccccc21. The van der Waals surface area contributed by atoms with Crippen molar-refractivity contribution in [2.75, 3.05) is 13.2 Å². The zero-order valence-electron chi connectivity index (χ0n) is 14.0. The van der Waals surface area contributed by atoms with Gasteiger partial charge in [-0.05, 0) is 41.6 Å². The highest BCUT2D eigenvalue weighted by Gasteiger charge is 2.29. The fourth-order valence-electron chi connectivity index (χ4n) is 3.30. The molecule has 2 aromatic carbocycles. The Bertz CT molecular complexity index is 715. The minimum absolute atomic E-state index is 0.0110. The number of nitrogens with one attached hydrogen (secondary N) is 1. The number of alkyl carbamates (subject to hydrolysis) is 1. The number of amides is 1. The smallest absolute Gasteiger partial charge is 0.407 e. The molecule has 3 rings (SSSR count). The zero-order chi connectivity index (χ0) is 17.6. The van der Waals surface area contributed by atoms with Crippen molar-refractivity contribution < 1.29 is 14.3 Å². The van der Waals surface area contributed by atoms with E-state index in [-0.39, 0.29) is 12.5 Å². The quantitative estimate of drug-likeness (QED) is 0.761. The van der Waals surface area contributed by atoms with Crippen LogP contribution in [0.1, 0.15) is 29.9 Å². The third kappa shape index (κ3) is 3.72. The minimum Gasteiger partial charge on any atom is -0.449 e. The summed E-state index contributed by atoms with van der Waals surface area (Å²) in [7, 11) is 0. The molecule has 0 bridgehead atoms. The number of fused-ring (bicyclic) bond motifs is 3. The monoisotopic (exact) mass is 338 g/mol. The van der Waals surface area contributed by atoms with Crippen molar-refractivity contribution in [2.24, 2.45) is 5.73 Å². The highest BCUT2D eigenvalue weighted by Crippen LogP contribution is 2.44. The van der Waals surface area contributed by atoms with E-state index in [2.05, 4.69) is 29.6 Å². The van der Waals surface area contributed by atoms with Gasteiger partial charge in [-0.15, -0.1) is 0 Å². The van der Waals surface area contributed by atoms with Crippen LogP contribution in [0, 0.1) is 0 Å². The molecular weight excluding hydrogens is 316 g/mol. The van der Waals surface area contributed by atoms with E-state index in [0.29, 0.717) is 19.4 Å². The Hall–Kier alpha value is -2.66. The van der Waals surface area contributed by atoms with Crippen LogP contribution in [0.2, 0.25) is 0 Å². The molecular formula is C20H22N2O3. The largest absolute Gasteiger partial charge is 0.449 e. The highest BCUT2D eigenvalue weighted by molar-refractivity contribution is 5.79. The number of aldehydes is 1. The van der Waals surface area contributed by atoms with Gasteiger partial charge in [-0.2, -0.15) is 0 Å². The Labute approximate surface area is 147 Å². The molecule has 25 heavy (non-hydrogen) atoms. The van der Waals surface area contributed by atoms with E-state index in [4.69, 9.17) is 10.5 Å². The lowest BCUT2D eigenvalue weighted by atomic mass is 9.98. The molecule has 5 nitrogen and oxygen atoms in total. The van der Waals surface area contributed by atoms with Gasteiger partial charge in [0.2, 0.25) is 0 Å². The maximum absolute atomic E-state index is 12.0. The molecule has 5 heteroatoms. The number of rotatable bonds is 7. The second-order valence-electron chi connectivity index (χ2n) is 6.14. The molecule has 0 fully saturated rings. The van der Waals surface area contributed by atoms with E-state index in [1.165, 1.54) is 11.1 Å². The van der Waals surface area contributed by atoms with Crippen LogP contribution in [0.15, 0.2) is 48.5 Å². The average molecular weight is 338 g/mol. The van der Waals surface area contributed by atoms with Crippen molar-refractivity contribution in [3.8, 4) is 11.1 Å². The summed E-state index contributed by atoms with van der Waals surface area (Å²) >= 11 is 0. The Morgan fingerprint density at radius 1 is 1.12 bits per heavy atom. The van der Waals surface area contributed by atoms with Gasteiger partial charge in [0.05, 0.1) is 6.04 Å². The average Bonchev–Trinajstić information content (AvgIpc) is 2.97. The Morgan fingerprint density at radius 2 is 1.72 bits per heavy atom. The molecule has 3 N–H and O–H groups in total. The van der Waals surface area contributed by atoms with Crippen LogP contribution >= 0.6 is 0 Å². The molecule has 0 saturated heterocycles. The van der Waals surface area contributed by atoms with E-state index in [1.54, 1.807) is 0 Å². The van der Waals surface area contributed by atoms with Crippen molar-refractivity contribution in [2.45, 2.75) is 24.8 Å². The summed E-state index contributed by atoms with van der Waals surface area (Å²) in [5.74, 6) is 0.0110. The normalized spacial score (nSPS) is 13.6. The van der Waals surface area contributed by atoms with Gasteiger partial charge in [-0.1, -0.05) is 48.5 Å². The van der Waals surface area contributed by atoms with Crippen LogP contribution < -0.4 is 11.1 Å². The van der Waals surface area contributed by atoms with E-state index >= 15 is 0 Å². The van der Waals surface area contributed by atoms with Crippen molar-refractivity contribution in [1.29, 1.82) is 0 Å². The number of carbonyl (C=O) groups excluding carboxylic acids is 2. The summed E-state index contributed by atoms with van der Waals surface area (Å²) in [6.07, 6.45) is 1.34. The van der Waals surface area contributed by atoms with Crippen molar-refractivity contribution in [1.82, 2.24) is 5.32 Å². The predicted octanol–water partition coefficient (Wildman–Crippen LogP) is 2.83. The van der Waals surface area contributed by atoms with Gasteiger partial charge >= 0.3 is 6.09 Å². The first kappa shape index (κ1) is 17.2. The van der Waals surface area contributed by atoms with Gasteiger partial charge in [0.15, 0.2) is 0 Å². The van der Waals surface area contributed by atoms with Gasteiger partial charge in [-0.3, -0.25) is 0 Å². The molecule has 0 radical (unpaired) electrons. The van der Waals surface area contributed by atoms with Crippen LogP contribution in [0.5, 0.6) is 0 Å². The second kappa shape index (κ2) is 7.94. The fraction of sp³-hybridized carbons (Fsp3) is 0.300. The van der Waals surface area contributed by atoms with Crippen LogP contribution in [0.4, 0.5) is 4.79 Å². The van der Waals surface area contributed by atoms with Crippen molar-refractivity contribution in [3.63, 3.8) is 0 Å². The minimum atomic E-state index is -0.573. The summed E-state index contributed by atoms with van der Waals surface area (Å²) in [4.78, 5) is 23.1. The summed E-state index contributed by atoms with van der Waals surface area (Å²) in [6.45, 7) is 0.721. The molecule has 1 aliphatic rings. The molecule has 1 atom stereocenters. The Kier molecular flexibility index (Phi) is 5.46. The fourth-order valence-corrected chi connectivity index (χ4v) is 3.30. The first-order chi connectivity index (χ1) is 12.2. The van der Waals surface area contributed by atoms with Gasteiger partial charge < -0.3 is 20.6 Å². The molecule has 0 spiro atoms. The third-order valence-corrected chi connectivity index (χ3v) is 4.53. The Balaban J connectivity index is 1.67. The molecule has 0 aliphatic heterocycles. The number of hydrogen-bond acceptors (Lipinski definition) is 4. The molecule has 130 valence electrons. The summed E-state index contributed by atoms with van der Waals surface area (Å²) in [5.41, 5.74) is 10.1. The standard InChI is InChI=1S/C20H22N2O3/c21-11-5-6-14(12-23)22-20(24)25-13-19-17-9-3-1-7-15(17)16-8-2-4-10-18(16)19/h1-4,7-10,12,14,19H,5-6,11,13,21H2,(H,22,24)/t14-/m0/s1. The number of hydrogen-bond donors (Lipinski definition) is 2. The first-order valence-electron chi connectivity index (χ1n) is 8.51. The molecule has 1 amide bonds. The van der Waals surface area contributed by atoms with Crippen LogP contribution in [-0.4, -0.2) is 31.6 Å². The van der Waals surface area contributed by atoms with E-state index < -0.39 is 12.1 Å². The van der Waals surface area contributed by atoms with Crippen LogP contribution in [-0.2, 0) is 9.53 Å². The molecule has 0 saturated carbocycles. The van der Waals surface area contributed by atoms with Gasteiger partial charge in [0, 0.05) is 5.92 Å². The first-order valence-corrected chi connectivity index (χ1v) is 8.51. The predicted molar refractivity (Wildman–Crippen MR) is 96.3 cm³/mol. The van der Waals surface area contributed by atoms with E-state index in [9.17, 15) is 9.59 Å². The van der Waals surface area contributed by atoms with Crippen LogP contribution in [0.3, 0.4) is 0 Å². The lowest BCUT2D eigenvalue weighted by Crippen LogP contribution is -2.37. The van der Waals surface area contributed by atoms with Crippen LogP contribution in [0.25, 0.3) is 11.1 Å². The topological polar surface area (TPSA) is 81.4 Å². The molecule has 1 aliphatic carbocycles. The summed E-state index contributed by atoms with van der Waals surface area (Å²) in [5, 5.41) is 2.59. The highest BCUT2D eigenvalue weighted by atomic mass is 16.5. The summed E-state index contributed by atoms with van der Waals surface area (Å²) in [6, 6.07) is 15.8. The third-order valence-electron chi connectivity index (χ3n) is 4.53. The number of nitrogens with two attached hydrogens (primary N) is 1. The van der Waals surface area contributed by atoms with Gasteiger partial charge in [0.1, 0.15) is 12.9 Å². The Morgan fingerprint density at radius 3 is 2.28 bits per heavy atom. The number of ether oxygens (including phenoxy) is 1. The van der Waals surface area contributed by atoms with Crippen molar-refractivity contribution >= 4 is 12.4 Å². The molecule has 0 aromatic heterocycles. The zero-order valence-corrected chi connectivity index (χ0v) is 14.0.